The number of aromatic nitrogens is 1. The summed E-state index contributed by atoms with van der Waals surface area (Å²) in [6.45, 7) is 6.89. The number of aliphatic hydroxyl groups is 1. The fourth-order valence-electron chi connectivity index (χ4n) is 4.88. The van der Waals surface area contributed by atoms with E-state index in [4.69, 9.17) is 18.9 Å². The summed E-state index contributed by atoms with van der Waals surface area (Å²) in [7, 11) is 0. The van der Waals surface area contributed by atoms with E-state index in [-0.39, 0.29) is 33.5 Å². The van der Waals surface area contributed by atoms with Crippen molar-refractivity contribution < 1.29 is 38.4 Å². The Bertz CT molecular complexity index is 1550. The van der Waals surface area contributed by atoms with Gasteiger partial charge in [-0.15, -0.1) is 0 Å². The number of rotatable bonds is 10. The summed E-state index contributed by atoms with van der Waals surface area (Å²) in [5.41, 5.74) is 1.07. The summed E-state index contributed by atoms with van der Waals surface area (Å²) in [4.78, 5) is 45.7. The number of esters is 1. The molecule has 2 aliphatic rings. The Morgan fingerprint density at radius 1 is 1.10 bits per heavy atom. The maximum absolute atomic E-state index is 13.6. The molecule has 0 radical (unpaired) electrons. The van der Waals surface area contributed by atoms with Crippen molar-refractivity contribution in [1.29, 1.82) is 0 Å². The quantitative estimate of drug-likeness (QED) is 0.105. The van der Waals surface area contributed by atoms with Crippen LogP contribution in [0.3, 0.4) is 0 Å². The molecule has 1 fully saturated rings. The zero-order chi connectivity index (χ0) is 29.8. The van der Waals surface area contributed by atoms with E-state index in [0.717, 1.165) is 30.6 Å². The Morgan fingerprint density at radius 3 is 2.64 bits per heavy atom. The molecule has 3 aromatic rings. The van der Waals surface area contributed by atoms with Gasteiger partial charge in [0.1, 0.15) is 29.6 Å². The molecule has 0 aliphatic carbocycles. The van der Waals surface area contributed by atoms with Gasteiger partial charge in [0.25, 0.3) is 5.78 Å². The number of carbonyl (C=O) groups excluding carboxylic acids is 3. The number of thiazole rings is 1. The zero-order valence-corrected chi connectivity index (χ0v) is 24.5. The smallest absolute Gasteiger partial charge is 0.350 e. The molecule has 1 amide bonds. The van der Waals surface area contributed by atoms with Gasteiger partial charge >= 0.3 is 11.9 Å². The second-order valence-corrected chi connectivity index (χ2v) is 10.8. The number of aliphatic hydroxyl groups excluding tert-OH is 1. The summed E-state index contributed by atoms with van der Waals surface area (Å²) in [6, 6.07) is 10.9. The fourth-order valence-corrected chi connectivity index (χ4v) is 5.87. The molecule has 11 heteroatoms. The highest BCUT2D eigenvalue weighted by Gasteiger charge is 2.48. The normalized spacial score (nSPS) is 17.4. The Morgan fingerprint density at radius 2 is 1.88 bits per heavy atom. The van der Waals surface area contributed by atoms with Crippen LogP contribution in [0.15, 0.2) is 48.0 Å². The minimum absolute atomic E-state index is 0.120. The lowest BCUT2D eigenvalue weighted by molar-refractivity contribution is -0.132. The van der Waals surface area contributed by atoms with Crippen LogP contribution in [-0.2, 0) is 14.3 Å². The van der Waals surface area contributed by atoms with E-state index in [2.05, 4.69) is 11.9 Å². The number of amides is 1. The van der Waals surface area contributed by atoms with E-state index in [0.29, 0.717) is 48.3 Å². The maximum atomic E-state index is 13.6. The lowest BCUT2D eigenvalue weighted by atomic mass is 9.95. The van der Waals surface area contributed by atoms with Crippen LogP contribution in [0, 0.1) is 6.92 Å². The monoisotopic (exact) mass is 592 g/mol. The van der Waals surface area contributed by atoms with Gasteiger partial charge in [-0.25, -0.2) is 9.78 Å². The van der Waals surface area contributed by atoms with Crippen molar-refractivity contribution in [2.45, 2.75) is 46.1 Å². The molecule has 5 rings (SSSR count). The molecular formula is C31H32N2O8S. The third-order valence-electron chi connectivity index (χ3n) is 6.90. The molecule has 3 heterocycles. The highest BCUT2D eigenvalue weighted by Crippen LogP contribution is 2.45. The van der Waals surface area contributed by atoms with E-state index in [9.17, 15) is 19.5 Å². The number of ketones is 1. The predicted molar refractivity (Wildman–Crippen MR) is 156 cm³/mol. The Hall–Kier alpha value is -4.38. The number of Topliss-reactive ketones (excluding diaryl/α,β-unsaturated/α-hetero) is 1. The van der Waals surface area contributed by atoms with E-state index in [1.807, 2.05) is 0 Å². The SMILES string of the molecule is CCCCCOc1cccc(C2C(=C(O)c3ccc4c(c3)OCCO4)C(=O)C(=O)N2c2nc(C)c(C(=O)OCC)s2)c1. The van der Waals surface area contributed by atoms with E-state index in [1.54, 1.807) is 56.3 Å². The summed E-state index contributed by atoms with van der Waals surface area (Å²) >= 11 is 0.956. The number of hydrogen-bond donors (Lipinski definition) is 1. The molecule has 0 spiro atoms. The Labute approximate surface area is 247 Å². The van der Waals surface area contributed by atoms with Gasteiger partial charge in [0.15, 0.2) is 16.6 Å². The maximum Gasteiger partial charge on any atom is 0.350 e. The second-order valence-electron chi connectivity index (χ2n) is 9.79. The van der Waals surface area contributed by atoms with Crippen LogP contribution < -0.4 is 19.1 Å². The molecule has 1 unspecified atom stereocenters. The number of unbranched alkanes of at least 4 members (excludes halogenated alkanes) is 2. The standard InChI is InChI=1S/C31H32N2O8S/c1-4-6-7-13-39-21-10-8-9-19(16-21)25-24(26(34)20-11-12-22-23(17-20)41-15-14-40-22)27(35)29(36)33(25)31-32-18(3)28(42-31)30(37)38-5-2/h8-12,16-17,25,34H,4-7,13-15H2,1-3H3. The predicted octanol–water partition coefficient (Wildman–Crippen LogP) is 5.59. The highest BCUT2D eigenvalue weighted by atomic mass is 32.1. The molecule has 0 bridgehead atoms. The Kier molecular flexibility index (Phi) is 8.77. The molecule has 1 saturated heterocycles. The van der Waals surface area contributed by atoms with Crippen molar-refractivity contribution in [1.82, 2.24) is 4.98 Å². The van der Waals surface area contributed by atoms with Crippen molar-refractivity contribution in [3.05, 3.63) is 69.7 Å². The van der Waals surface area contributed by atoms with Crippen molar-refractivity contribution in [2.75, 3.05) is 31.3 Å². The molecule has 220 valence electrons. The molecule has 10 nitrogen and oxygen atoms in total. The number of aryl methyl sites for hydroxylation is 1. The van der Waals surface area contributed by atoms with Crippen molar-refractivity contribution in [3.63, 3.8) is 0 Å². The first-order chi connectivity index (χ1) is 20.3. The van der Waals surface area contributed by atoms with Gasteiger partial charge in [0, 0.05) is 5.56 Å². The van der Waals surface area contributed by atoms with Crippen LogP contribution in [0.25, 0.3) is 5.76 Å². The van der Waals surface area contributed by atoms with Crippen LogP contribution >= 0.6 is 11.3 Å². The molecule has 42 heavy (non-hydrogen) atoms. The average molecular weight is 593 g/mol. The molecular weight excluding hydrogens is 560 g/mol. The van der Waals surface area contributed by atoms with Crippen LogP contribution in [0.2, 0.25) is 0 Å². The van der Waals surface area contributed by atoms with Gasteiger partial charge in [0.05, 0.1) is 30.5 Å². The third kappa shape index (κ3) is 5.69. The van der Waals surface area contributed by atoms with Crippen LogP contribution in [0.5, 0.6) is 17.2 Å². The largest absolute Gasteiger partial charge is 0.507 e. The van der Waals surface area contributed by atoms with Crippen LogP contribution in [0.1, 0.15) is 65.6 Å². The van der Waals surface area contributed by atoms with Crippen molar-refractivity contribution >= 4 is 39.9 Å². The highest BCUT2D eigenvalue weighted by molar-refractivity contribution is 7.17. The number of hydrogen-bond acceptors (Lipinski definition) is 10. The summed E-state index contributed by atoms with van der Waals surface area (Å²) < 4.78 is 22.4. The molecule has 1 aromatic heterocycles. The second kappa shape index (κ2) is 12.6. The van der Waals surface area contributed by atoms with E-state index < -0.39 is 23.7 Å². The lowest BCUT2D eigenvalue weighted by Crippen LogP contribution is -2.29. The van der Waals surface area contributed by atoms with Gasteiger partial charge in [-0.3, -0.25) is 14.5 Å². The fraction of sp³-hybridized carbons (Fsp3) is 0.355. The minimum atomic E-state index is -1.04. The topological polar surface area (TPSA) is 124 Å². The molecule has 2 aromatic carbocycles. The van der Waals surface area contributed by atoms with Crippen molar-refractivity contribution in [3.8, 4) is 17.2 Å². The first-order valence-electron chi connectivity index (χ1n) is 13.9. The van der Waals surface area contributed by atoms with Gasteiger partial charge in [-0.2, -0.15) is 0 Å². The summed E-state index contributed by atoms with van der Waals surface area (Å²) in [6.07, 6.45) is 2.97. The summed E-state index contributed by atoms with van der Waals surface area (Å²) in [5.74, 6) is -1.18. The number of anilines is 1. The van der Waals surface area contributed by atoms with Gasteiger partial charge in [-0.1, -0.05) is 43.2 Å². The first kappa shape index (κ1) is 29.1. The number of nitrogens with zero attached hydrogens (tertiary/aromatic N) is 2. The molecule has 0 saturated carbocycles. The number of ether oxygens (including phenoxy) is 4. The van der Waals surface area contributed by atoms with E-state index >= 15 is 0 Å². The first-order valence-corrected chi connectivity index (χ1v) is 14.7. The average Bonchev–Trinajstić information content (AvgIpc) is 3.51. The number of fused-ring (bicyclic) bond motifs is 1. The summed E-state index contributed by atoms with van der Waals surface area (Å²) in [5, 5.41) is 11.7. The van der Waals surface area contributed by atoms with Crippen LogP contribution in [-0.4, -0.2) is 54.2 Å². The third-order valence-corrected chi connectivity index (χ3v) is 8.04. The van der Waals surface area contributed by atoms with Crippen molar-refractivity contribution in [2.24, 2.45) is 0 Å². The van der Waals surface area contributed by atoms with Gasteiger partial charge in [-0.05, 0) is 56.2 Å². The lowest BCUT2D eigenvalue weighted by Gasteiger charge is -2.24. The number of carbonyl (C=O) groups is 3. The van der Waals surface area contributed by atoms with Gasteiger partial charge < -0.3 is 24.1 Å². The minimum Gasteiger partial charge on any atom is -0.507 e. The molecule has 2 aliphatic heterocycles. The van der Waals surface area contributed by atoms with Gasteiger partial charge in [0.2, 0.25) is 0 Å². The molecule has 1 N–H and O–H groups in total. The molecule has 1 atom stereocenters. The van der Waals surface area contributed by atoms with E-state index in [1.165, 1.54) is 4.90 Å². The zero-order valence-electron chi connectivity index (χ0n) is 23.7. The number of benzene rings is 2. The Balaban J connectivity index is 1.62. The van der Waals surface area contributed by atoms with Crippen LogP contribution in [0.4, 0.5) is 5.13 Å².